The molecule has 4 atom stereocenters. The van der Waals surface area contributed by atoms with E-state index in [2.05, 4.69) is 0 Å². The number of hydrogen-bond donors (Lipinski definition) is 0. The van der Waals surface area contributed by atoms with Crippen LogP contribution in [0.4, 0.5) is 0 Å². The van der Waals surface area contributed by atoms with Gasteiger partial charge in [0.15, 0.2) is 12.1 Å². The molecule has 0 bridgehead atoms. The second-order valence-electron chi connectivity index (χ2n) is 8.52. The first kappa shape index (κ1) is 24.3. The van der Waals surface area contributed by atoms with Crippen LogP contribution < -0.4 is 0 Å². The highest BCUT2D eigenvalue weighted by Crippen LogP contribution is 2.40. The first-order valence-corrected chi connectivity index (χ1v) is 13.2. The summed E-state index contributed by atoms with van der Waals surface area (Å²) < 4.78 is 78.9. The summed E-state index contributed by atoms with van der Waals surface area (Å²) in [4.78, 5) is -0.0636. The Morgan fingerprint density at radius 1 is 0.818 bits per heavy atom. The molecule has 2 heterocycles. The molecule has 2 aliphatic heterocycles. The van der Waals surface area contributed by atoms with Crippen LogP contribution in [-0.4, -0.2) is 53.8 Å². The standard InChI is InChI=1S/C22H26O9S2/c1-14-5-9-16(10-6-14)32(23,24)27-13-18-19(20-21(28-18)30-22(3,4)29-20)31-33(25,26)17-11-7-15(2)8-12-17/h5-12,18-21H,13H2,1-4H3/t18-,19+,20+,21+/m0/s1. The monoisotopic (exact) mass is 498 g/mol. The Morgan fingerprint density at radius 2 is 1.33 bits per heavy atom. The molecule has 0 N–H and O–H groups in total. The maximum Gasteiger partial charge on any atom is 0.297 e. The first-order chi connectivity index (χ1) is 15.4. The molecule has 2 fully saturated rings. The van der Waals surface area contributed by atoms with Crippen LogP contribution >= 0.6 is 0 Å². The summed E-state index contributed by atoms with van der Waals surface area (Å²) in [6.45, 7) is 6.51. The van der Waals surface area contributed by atoms with E-state index in [4.69, 9.17) is 22.6 Å². The molecule has 0 saturated carbocycles. The van der Waals surface area contributed by atoms with Crippen molar-refractivity contribution in [2.24, 2.45) is 0 Å². The van der Waals surface area contributed by atoms with Crippen LogP contribution in [0.1, 0.15) is 25.0 Å². The predicted molar refractivity (Wildman–Crippen MR) is 116 cm³/mol. The molecule has 0 unspecified atom stereocenters. The summed E-state index contributed by atoms with van der Waals surface area (Å²) >= 11 is 0. The van der Waals surface area contributed by atoms with Gasteiger partial charge < -0.3 is 14.2 Å². The molecule has 2 aliphatic rings. The van der Waals surface area contributed by atoms with Crippen LogP contribution in [0.5, 0.6) is 0 Å². The van der Waals surface area contributed by atoms with Crippen LogP contribution in [0.3, 0.4) is 0 Å². The largest absolute Gasteiger partial charge is 0.341 e. The first-order valence-electron chi connectivity index (χ1n) is 10.3. The second-order valence-corrected chi connectivity index (χ2v) is 11.7. The van der Waals surface area contributed by atoms with Crippen LogP contribution in [0.25, 0.3) is 0 Å². The van der Waals surface area contributed by atoms with Crippen LogP contribution in [-0.2, 0) is 42.8 Å². The van der Waals surface area contributed by atoms with E-state index in [1.165, 1.54) is 24.3 Å². The van der Waals surface area contributed by atoms with Crippen LogP contribution in [0.2, 0.25) is 0 Å². The number of hydrogen-bond acceptors (Lipinski definition) is 9. The summed E-state index contributed by atoms with van der Waals surface area (Å²) in [7, 11) is -8.30. The van der Waals surface area contributed by atoms with Crippen molar-refractivity contribution in [3.05, 3.63) is 59.7 Å². The highest BCUT2D eigenvalue weighted by atomic mass is 32.2. The smallest absolute Gasteiger partial charge is 0.297 e. The van der Waals surface area contributed by atoms with Gasteiger partial charge in [-0.2, -0.15) is 16.8 Å². The molecule has 0 amide bonds. The molecule has 33 heavy (non-hydrogen) atoms. The van der Waals surface area contributed by atoms with Gasteiger partial charge in [0, 0.05) is 0 Å². The van der Waals surface area contributed by atoms with Gasteiger partial charge in [0.2, 0.25) is 0 Å². The van der Waals surface area contributed by atoms with Crippen molar-refractivity contribution in [2.45, 2.75) is 67.9 Å². The number of aryl methyl sites for hydroxylation is 2. The van der Waals surface area contributed by atoms with Crippen molar-refractivity contribution in [1.82, 2.24) is 0 Å². The molecule has 0 spiro atoms. The number of ether oxygens (including phenoxy) is 3. The van der Waals surface area contributed by atoms with E-state index < -0.39 is 57.2 Å². The average Bonchev–Trinajstić information content (AvgIpc) is 3.19. The molecule has 2 aromatic carbocycles. The van der Waals surface area contributed by atoms with Gasteiger partial charge in [0.25, 0.3) is 20.2 Å². The summed E-state index contributed by atoms with van der Waals surface area (Å²) in [6, 6.07) is 12.3. The van der Waals surface area contributed by atoms with Crippen molar-refractivity contribution in [2.75, 3.05) is 6.61 Å². The van der Waals surface area contributed by atoms with Gasteiger partial charge in [-0.25, -0.2) is 0 Å². The summed E-state index contributed by atoms with van der Waals surface area (Å²) in [5.41, 5.74) is 1.78. The van der Waals surface area contributed by atoms with Gasteiger partial charge in [-0.1, -0.05) is 35.4 Å². The summed E-state index contributed by atoms with van der Waals surface area (Å²) in [6.07, 6.45) is -4.09. The van der Waals surface area contributed by atoms with Gasteiger partial charge in [-0.3, -0.25) is 8.37 Å². The highest BCUT2D eigenvalue weighted by Gasteiger charge is 2.57. The zero-order valence-corrected chi connectivity index (χ0v) is 20.3. The third kappa shape index (κ3) is 5.29. The van der Waals surface area contributed by atoms with Crippen molar-refractivity contribution in [1.29, 1.82) is 0 Å². The van der Waals surface area contributed by atoms with E-state index in [9.17, 15) is 16.8 Å². The third-order valence-electron chi connectivity index (χ3n) is 5.33. The van der Waals surface area contributed by atoms with E-state index in [1.807, 2.05) is 13.8 Å². The minimum atomic E-state index is -4.20. The minimum Gasteiger partial charge on any atom is -0.341 e. The molecule has 4 rings (SSSR count). The van der Waals surface area contributed by atoms with E-state index in [0.29, 0.717) is 0 Å². The normalized spacial score (nSPS) is 26.9. The molecular weight excluding hydrogens is 472 g/mol. The minimum absolute atomic E-state index is 0.0235. The average molecular weight is 499 g/mol. The van der Waals surface area contributed by atoms with Gasteiger partial charge in [0.1, 0.15) is 18.3 Å². The zero-order chi connectivity index (χ0) is 24.0. The van der Waals surface area contributed by atoms with Gasteiger partial charge >= 0.3 is 0 Å². The van der Waals surface area contributed by atoms with Crippen molar-refractivity contribution in [3.63, 3.8) is 0 Å². The SMILES string of the molecule is Cc1ccc(S(=O)(=O)OC[C@@H]2O[C@@H]3OC(C)(C)O[C@@H]3[C@@H]2OS(=O)(=O)c2ccc(C)cc2)cc1. The number of fused-ring (bicyclic) bond motifs is 1. The molecule has 9 nitrogen and oxygen atoms in total. The molecule has 2 aromatic rings. The molecular formula is C22H26O9S2. The fourth-order valence-electron chi connectivity index (χ4n) is 3.63. The Labute approximate surface area is 193 Å². The lowest BCUT2D eigenvalue weighted by atomic mass is 10.1. The molecule has 0 aromatic heterocycles. The second kappa shape index (κ2) is 8.73. The van der Waals surface area contributed by atoms with Crippen LogP contribution in [0, 0.1) is 13.8 Å². The van der Waals surface area contributed by atoms with Gasteiger partial charge in [-0.05, 0) is 52.0 Å². The van der Waals surface area contributed by atoms with Crippen molar-refractivity contribution < 1.29 is 39.4 Å². The van der Waals surface area contributed by atoms with E-state index in [-0.39, 0.29) is 9.79 Å². The maximum atomic E-state index is 12.9. The Kier molecular flexibility index (Phi) is 6.42. The maximum absolute atomic E-state index is 12.9. The van der Waals surface area contributed by atoms with Gasteiger partial charge in [0.05, 0.1) is 16.4 Å². The molecule has 0 radical (unpaired) electrons. The lowest BCUT2D eigenvalue weighted by molar-refractivity contribution is -0.215. The molecule has 2 saturated heterocycles. The topological polar surface area (TPSA) is 114 Å². The van der Waals surface area contributed by atoms with Crippen molar-refractivity contribution in [3.8, 4) is 0 Å². The predicted octanol–water partition coefficient (Wildman–Crippen LogP) is 2.66. The molecule has 11 heteroatoms. The Morgan fingerprint density at radius 3 is 1.88 bits per heavy atom. The summed E-state index contributed by atoms with van der Waals surface area (Å²) in [5, 5.41) is 0. The van der Waals surface area contributed by atoms with Crippen molar-refractivity contribution >= 4 is 20.2 Å². The van der Waals surface area contributed by atoms with E-state index >= 15 is 0 Å². The Hall–Kier alpha value is -1.86. The third-order valence-corrected chi connectivity index (χ3v) is 7.95. The fourth-order valence-corrected chi connectivity index (χ4v) is 5.66. The molecule has 180 valence electrons. The van der Waals surface area contributed by atoms with E-state index in [1.54, 1.807) is 38.1 Å². The highest BCUT2D eigenvalue weighted by molar-refractivity contribution is 7.87. The lowest BCUT2D eigenvalue weighted by Crippen LogP contribution is -2.40. The lowest BCUT2D eigenvalue weighted by Gasteiger charge is -2.25. The number of rotatable bonds is 7. The fraction of sp³-hybridized carbons (Fsp3) is 0.455. The van der Waals surface area contributed by atoms with Crippen LogP contribution in [0.15, 0.2) is 58.3 Å². The summed E-state index contributed by atoms with van der Waals surface area (Å²) in [5.74, 6) is -1.02. The van der Waals surface area contributed by atoms with Gasteiger partial charge in [-0.15, -0.1) is 0 Å². The zero-order valence-electron chi connectivity index (χ0n) is 18.6. The Balaban J connectivity index is 1.55. The Bertz CT molecular complexity index is 1200. The number of benzene rings is 2. The quantitative estimate of drug-likeness (QED) is 0.531. The molecule has 0 aliphatic carbocycles. The van der Waals surface area contributed by atoms with E-state index in [0.717, 1.165) is 11.1 Å².